The maximum atomic E-state index is 5.71. The highest BCUT2D eigenvalue weighted by atomic mass is 16.7. The number of fused-ring (bicyclic) bond motifs is 1. The molecule has 0 unspecified atom stereocenters. The normalized spacial score (nSPS) is 12.7. The Labute approximate surface area is 115 Å². The fourth-order valence-corrected chi connectivity index (χ4v) is 1.89. The van der Waals surface area contributed by atoms with Crippen LogP contribution in [0, 0.1) is 0 Å². The molecule has 0 atom stereocenters. The topological polar surface area (TPSA) is 92.6 Å². The van der Waals surface area contributed by atoms with Crippen molar-refractivity contribution in [3.05, 3.63) is 29.4 Å². The first kappa shape index (κ1) is 12.7. The van der Waals surface area contributed by atoms with E-state index in [9.17, 15) is 0 Å². The first-order valence-corrected chi connectivity index (χ1v) is 6.37. The van der Waals surface area contributed by atoms with Crippen LogP contribution in [0.3, 0.4) is 0 Å². The highest BCUT2D eigenvalue weighted by Gasteiger charge is 2.18. The molecule has 20 heavy (non-hydrogen) atoms. The second-order valence-electron chi connectivity index (χ2n) is 4.26. The Kier molecular flexibility index (Phi) is 3.42. The van der Waals surface area contributed by atoms with Crippen LogP contribution < -0.4 is 19.9 Å². The number of nitrogens with zero attached hydrogens (tertiary/aromatic N) is 2. The molecule has 7 heteroatoms. The zero-order valence-corrected chi connectivity index (χ0v) is 11.1. The molecular weight excluding hydrogens is 262 g/mol. The molecule has 1 aliphatic rings. The Morgan fingerprint density at radius 1 is 1.30 bits per heavy atom. The van der Waals surface area contributed by atoms with E-state index in [0.717, 1.165) is 12.0 Å². The van der Waals surface area contributed by atoms with Gasteiger partial charge in [-0.25, -0.2) is 0 Å². The van der Waals surface area contributed by atoms with E-state index < -0.39 is 0 Å². The lowest BCUT2D eigenvalue weighted by Crippen LogP contribution is -2.03. The van der Waals surface area contributed by atoms with Gasteiger partial charge in [-0.15, -0.1) is 0 Å². The average Bonchev–Trinajstić information content (AvgIpc) is 3.12. The van der Waals surface area contributed by atoms with Gasteiger partial charge >= 0.3 is 0 Å². The van der Waals surface area contributed by atoms with Crippen molar-refractivity contribution in [2.24, 2.45) is 5.73 Å². The predicted molar refractivity (Wildman–Crippen MR) is 68.5 cm³/mol. The van der Waals surface area contributed by atoms with E-state index in [2.05, 4.69) is 10.1 Å². The number of aromatic nitrogens is 2. The third kappa shape index (κ3) is 2.39. The van der Waals surface area contributed by atoms with Gasteiger partial charge in [-0.2, -0.15) is 4.98 Å². The van der Waals surface area contributed by atoms with Crippen LogP contribution in [0.5, 0.6) is 17.2 Å². The standard InChI is InChI=1S/C13H15N3O4/c1-2-12-15-13(20-16-12)6-17-9-4-11-10(18-7-19-11)3-8(9)5-14/h3-4H,2,5-7,14H2,1H3. The van der Waals surface area contributed by atoms with Crippen LogP contribution in [-0.4, -0.2) is 16.9 Å². The molecule has 0 amide bonds. The minimum atomic E-state index is 0.194. The number of benzene rings is 1. The molecule has 0 aliphatic carbocycles. The zero-order chi connectivity index (χ0) is 13.9. The van der Waals surface area contributed by atoms with Crippen molar-refractivity contribution < 1.29 is 18.7 Å². The molecule has 106 valence electrons. The van der Waals surface area contributed by atoms with Gasteiger partial charge in [0.15, 0.2) is 23.9 Å². The number of rotatable bonds is 5. The summed E-state index contributed by atoms with van der Waals surface area (Å²) in [5.74, 6) is 3.06. The lowest BCUT2D eigenvalue weighted by molar-refractivity contribution is 0.173. The van der Waals surface area contributed by atoms with Crippen LogP contribution in [0.2, 0.25) is 0 Å². The summed E-state index contributed by atoms with van der Waals surface area (Å²) in [6.07, 6.45) is 0.724. The SMILES string of the molecule is CCc1noc(COc2cc3c(cc2CN)OCO3)n1. The van der Waals surface area contributed by atoms with Crippen molar-refractivity contribution in [1.82, 2.24) is 10.1 Å². The minimum absolute atomic E-state index is 0.194. The van der Waals surface area contributed by atoms with Gasteiger partial charge in [0.05, 0.1) is 0 Å². The van der Waals surface area contributed by atoms with Gasteiger partial charge in [0.2, 0.25) is 6.79 Å². The van der Waals surface area contributed by atoms with Crippen molar-refractivity contribution in [3.63, 3.8) is 0 Å². The van der Waals surface area contributed by atoms with Crippen LogP contribution in [0.4, 0.5) is 0 Å². The highest BCUT2D eigenvalue weighted by molar-refractivity contribution is 5.51. The van der Waals surface area contributed by atoms with E-state index in [1.54, 1.807) is 6.07 Å². The molecule has 0 radical (unpaired) electrons. The number of ether oxygens (including phenoxy) is 3. The number of nitrogens with two attached hydrogens (primary N) is 1. The van der Waals surface area contributed by atoms with Crippen molar-refractivity contribution in [1.29, 1.82) is 0 Å². The summed E-state index contributed by atoms with van der Waals surface area (Å²) < 4.78 is 21.4. The van der Waals surface area contributed by atoms with Gasteiger partial charge in [0, 0.05) is 24.6 Å². The molecule has 2 N–H and O–H groups in total. The Morgan fingerprint density at radius 2 is 2.10 bits per heavy atom. The molecule has 2 heterocycles. The van der Waals surface area contributed by atoms with Crippen LogP contribution in [0.1, 0.15) is 24.2 Å². The first-order chi connectivity index (χ1) is 9.80. The average molecular weight is 277 g/mol. The maximum Gasteiger partial charge on any atom is 0.264 e. The Morgan fingerprint density at radius 3 is 2.80 bits per heavy atom. The summed E-state index contributed by atoms with van der Waals surface area (Å²) in [5.41, 5.74) is 6.55. The summed E-state index contributed by atoms with van der Waals surface area (Å²) >= 11 is 0. The molecule has 1 aliphatic heterocycles. The quantitative estimate of drug-likeness (QED) is 0.882. The molecule has 7 nitrogen and oxygen atoms in total. The first-order valence-electron chi connectivity index (χ1n) is 6.37. The van der Waals surface area contributed by atoms with Gasteiger partial charge in [-0.3, -0.25) is 0 Å². The predicted octanol–water partition coefficient (Wildman–Crippen LogP) is 1.40. The summed E-state index contributed by atoms with van der Waals surface area (Å²) in [4.78, 5) is 4.18. The van der Waals surface area contributed by atoms with E-state index in [1.165, 1.54) is 0 Å². The van der Waals surface area contributed by atoms with Crippen LogP contribution in [0.15, 0.2) is 16.7 Å². The van der Waals surface area contributed by atoms with Crippen LogP contribution >= 0.6 is 0 Å². The van der Waals surface area contributed by atoms with Gasteiger partial charge in [-0.05, 0) is 6.07 Å². The minimum Gasteiger partial charge on any atom is -0.483 e. The Balaban J connectivity index is 1.76. The van der Waals surface area contributed by atoms with Crippen molar-refractivity contribution in [3.8, 4) is 17.2 Å². The van der Waals surface area contributed by atoms with Gasteiger partial charge in [0.25, 0.3) is 5.89 Å². The smallest absolute Gasteiger partial charge is 0.264 e. The lowest BCUT2D eigenvalue weighted by atomic mass is 10.2. The fraction of sp³-hybridized carbons (Fsp3) is 0.385. The summed E-state index contributed by atoms with van der Waals surface area (Å²) in [6.45, 7) is 2.71. The monoisotopic (exact) mass is 277 g/mol. The molecule has 0 spiro atoms. The number of hydrogen-bond acceptors (Lipinski definition) is 7. The van der Waals surface area contributed by atoms with Gasteiger partial charge in [0.1, 0.15) is 5.75 Å². The Bertz CT molecular complexity index is 612. The second kappa shape index (κ2) is 5.38. The zero-order valence-electron chi connectivity index (χ0n) is 11.1. The molecule has 0 bridgehead atoms. The summed E-state index contributed by atoms with van der Waals surface area (Å²) in [6, 6.07) is 3.59. The molecule has 1 aromatic carbocycles. The van der Waals surface area contributed by atoms with Crippen LogP contribution in [0.25, 0.3) is 0 Å². The maximum absolute atomic E-state index is 5.71. The number of aryl methyl sites for hydroxylation is 1. The van der Waals surface area contributed by atoms with Gasteiger partial charge in [-0.1, -0.05) is 12.1 Å². The van der Waals surface area contributed by atoms with E-state index in [4.69, 9.17) is 24.5 Å². The molecule has 0 saturated heterocycles. The molecule has 0 fully saturated rings. The van der Waals surface area contributed by atoms with Gasteiger partial charge < -0.3 is 24.5 Å². The second-order valence-corrected chi connectivity index (χ2v) is 4.26. The third-order valence-electron chi connectivity index (χ3n) is 2.95. The lowest BCUT2D eigenvalue weighted by Gasteiger charge is -2.09. The molecule has 3 rings (SSSR count). The molecule has 1 aromatic heterocycles. The van der Waals surface area contributed by atoms with E-state index in [0.29, 0.717) is 35.5 Å². The van der Waals surface area contributed by atoms with Crippen LogP contribution in [-0.2, 0) is 19.6 Å². The fourth-order valence-electron chi connectivity index (χ4n) is 1.89. The summed E-state index contributed by atoms with van der Waals surface area (Å²) in [7, 11) is 0. The van der Waals surface area contributed by atoms with Crippen molar-refractivity contribution in [2.45, 2.75) is 26.5 Å². The Hall–Kier alpha value is -2.28. The van der Waals surface area contributed by atoms with E-state index in [-0.39, 0.29) is 13.4 Å². The van der Waals surface area contributed by atoms with E-state index >= 15 is 0 Å². The largest absolute Gasteiger partial charge is 0.483 e. The molecule has 2 aromatic rings. The number of hydrogen-bond donors (Lipinski definition) is 1. The van der Waals surface area contributed by atoms with Crippen molar-refractivity contribution in [2.75, 3.05) is 6.79 Å². The third-order valence-corrected chi connectivity index (χ3v) is 2.95. The highest BCUT2D eigenvalue weighted by Crippen LogP contribution is 2.38. The van der Waals surface area contributed by atoms with E-state index in [1.807, 2.05) is 13.0 Å². The summed E-state index contributed by atoms with van der Waals surface area (Å²) in [5, 5.41) is 3.81. The van der Waals surface area contributed by atoms with Crippen molar-refractivity contribution >= 4 is 0 Å². The molecule has 0 saturated carbocycles. The molecular formula is C13H15N3O4.